The first kappa shape index (κ1) is 12.3. The lowest BCUT2D eigenvalue weighted by atomic mass is 10.1. The van der Waals surface area contributed by atoms with Crippen molar-refractivity contribution in [3.63, 3.8) is 0 Å². The summed E-state index contributed by atoms with van der Waals surface area (Å²) in [6, 6.07) is 6.94. The maximum atomic E-state index is 12.1. The topological polar surface area (TPSA) is 43.4 Å². The van der Waals surface area contributed by atoms with Crippen LogP contribution in [-0.2, 0) is 14.6 Å². The summed E-state index contributed by atoms with van der Waals surface area (Å²) in [5.41, 5.74) is 1.93. The predicted molar refractivity (Wildman–Crippen MR) is 66.7 cm³/mol. The molecule has 0 radical (unpaired) electrons. The highest BCUT2D eigenvalue weighted by Crippen LogP contribution is 2.23. The molecular weight excluding hydrogens is 236 g/mol. The Bertz CT molecular complexity index is 514. The van der Waals surface area contributed by atoms with Crippen LogP contribution in [0, 0.1) is 12.8 Å². The molecule has 1 fully saturated rings. The lowest BCUT2D eigenvalue weighted by Gasteiger charge is -2.10. The fraction of sp³-hybridized carbons (Fsp3) is 0.385. The third kappa shape index (κ3) is 2.76. The first-order valence-electron chi connectivity index (χ1n) is 5.54. The van der Waals surface area contributed by atoms with Gasteiger partial charge in [0.25, 0.3) is 0 Å². The van der Waals surface area contributed by atoms with E-state index >= 15 is 0 Å². The smallest absolute Gasteiger partial charge is 0.179 e. The van der Waals surface area contributed by atoms with Crippen LogP contribution in [0.2, 0.25) is 0 Å². The summed E-state index contributed by atoms with van der Waals surface area (Å²) in [4.78, 5) is 0.378. The molecule has 0 spiro atoms. The summed E-state index contributed by atoms with van der Waals surface area (Å²) in [6.45, 7) is 6.71. The average Bonchev–Trinajstić information content (AvgIpc) is 2.64. The number of aryl methyl sites for hydroxylation is 1. The van der Waals surface area contributed by atoms with Crippen LogP contribution in [0.1, 0.15) is 5.56 Å². The number of benzene rings is 1. The highest BCUT2D eigenvalue weighted by molar-refractivity contribution is 7.91. The monoisotopic (exact) mass is 252 g/mol. The van der Waals surface area contributed by atoms with Gasteiger partial charge < -0.3 is 4.74 Å². The molecule has 2 rings (SSSR count). The molecule has 3 nitrogen and oxygen atoms in total. The summed E-state index contributed by atoms with van der Waals surface area (Å²) in [6.07, 6.45) is 0. The molecule has 1 saturated heterocycles. The van der Waals surface area contributed by atoms with Crippen molar-refractivity contribution in [2.75, 3.05) is 19.0 Å². The van der Waals surface area contributed by atoms with E-state index in [4.69, 9.17) is 4.74 Å². The van der Waals surface area contributed by atoms with Crippen molar-refractivity contribution in [1.29, 1.82) is 0 Å². The Morgan fingerprint density at radius 3 is 2.53 bits per heavy atom. The maximum absolute atomic E-state index is 12.1. The standard InChI is InChI=1S/C13H16O3S/c1-10-3-5-13(6-4-10)17(14,15)9-12-8-16-7-11(12)2/h3-6,12H,2,7-9H2,1H3. The van der Waals surface area contributed by atoms with Gasteiger partial charge in [0.05, 0.1) is 23.9 Å². The molecule has 92 valence electrons. The fourth-order valence-corrected chi connectivity index (χ4v) is 3.45. The van der Waals surface area contributed by atoms with Crippen LogP contribution in [0.5, 0.6) is 0 Å². The zero-order valence-electron chi connectivity index (χ0n) is 9.85. The highest BCUT2D eigenvalue weighted by Gasteiger charge is 2.27. The maximum Gasteiger partial charge on any atom is 0.179 e. The van der Waals surface area contributed by atoms with Crippen molar-refractivity contribution in [3.05, 3.63) is 42.0 Å². The van der Waals surface area contributed by atoms with Gasteiger partial charge >= 0.3 is 0 Å². The Labute approximate surface area is 102 Å². The van der Waals surface area contributed by atoms with E-state index in [9.17, 15) is 8.42 Å². The third-order valence-corrected chi connectivity index (χ3v) is 4.82. The van der Waals surface area contributed by atoms with E-state index in [0.29, 0.717) is 18.1 Å². The van der Waals surface area contributed by atoms with Gasteiger partial charge in [0, 0.05) is 5.92 Å². The van der Waals surface area contributed by atoms with E-state index in [1.54, 1.807) is 12.1 Å². The van der Waals surface area contributed by atoms with E-state index in [1.165, 1.54) is 0 Å². The van der Waals surface area contributed by atoms with Gasteiger partial charge in [-0.25, -0.2) is 8.42 Å². The largest absolute Gasteiger partial charge is 0.376 e. The van der Waals surface area contributed by atoms with Crippen molar-refractivity contribution in [2.45, 2.75) is 11.8 Å². The Morgan fingerprint density at radius 2 is 2.00 bits per heavy atom. The van der Waals surface area contributed by atoms with E-state index in [-0.39, 0.29) is 11.7 Å². The summed E-state index contributed by atoms with van der Waals surface area (Å²) < 4.78 is 29.5. The molecule has 0 aliphatic carbocycles. The molecule has 0 amide bonds. The minimum atomic E-state index is -3.23. The Hall–Kier alpha value is -1.13. The van der Waals surface area contributed by atoms with Crippen LogP contribution >= 0.6 is 0 Å². The van der Waals surface area contributed by atoms with Crippen LogP contribution in [0.15, 0.2) is 41.3 Å². The minimum Gasteiger partial charge on any atom is -0.376 e. The van der Waals surface area contributed by atoms with Gasteiger partial charge in [-0.15, -0.1) is 0 Å². The van der Waals surface area contributed by atoms with Crippen molar-refractivity contribution < 1.29 is 13.2 Å². The van der Waals surface area contributed by atoms with E-state index < -0.39 is 9.84 Å². The molecule has 17 heavy (non-hydrogen) atoms. The second-order valence-corrected chi connectivity index (χ2v) is 6.50. The van der Waals surface area contributed by atoms with Crippen LogP contribution in [0.25, 0.3) is 0 Å². The number of sulfone groups is 1. The Morgan fingerprint density at radius 1 is 1.35 bits per heavy atom. The zero-order valence-corrected chi connectivity index (χ0v) is 10.7. The second-order valence-electron chi connectivity index (χ2n) is 4.46. The van der Waals surface area contributed by atoms with Crippen LogP contribution in [0.3, 0.4) is 0 Å². The molecule has 0 aromatic heterocycles. The first-order valence-corrected chi connectivity index (χ1v) is 7.19. The van der Waals surface area contributed by atoms with Gasteiger partial charge in [-0.3, -0.25) is 0 Å². The van der Waals surface area contributed by atoms with Crippen molar-refractivity contribution in [2.24, 2.45) is 5.92 Å². The molecule has 1 unspecified atom stereocenters. The predicted octanol–water partition coefficient (Wildman–Crippen LogP) is 1.97. The zero-order chi connectivity index (χ0) is 12.5. The molecule has 0 saturated carbocycles. The first-order chi connectivity index (χ1) is 7.99. The number of rotatable bonds is 3. The van der Waals surface area contributed by atoms with Crippen LogP contribution in [0.4, 0.5) is 0 Å². The molecule has 1 heterocycles. The molecule has 1 atom stereocenters. The molecule has 1 aliphatic rings. The molecule has 0 bridgehead atoms. The van der Waals surface area contributed by atoms with Gasteiger partial charge in [0.15, 0.2) is 9.84 Å². The lowest BCUT2D eigenvalue weighted by Crippen LogP contribution is -2.17. The summed E-state index contributed by atoms with van der Waals surface area (Å²) in [7, 11) is -3.23. The third-order valence-electron chi connectivity index (χ3n) is 2.98. The molecule has 1 aliphatic heterocycles. The van der Waals surface area contributed by atoms with E-state index in [1.807, 2.05) is 19.1 Å². The lowest BCUT2D eigenvalue weighted by molar-refractivity contribution is 0.192. The van der Waals surface area contributed by atoms with Gasteiger partial charge in [0.2, 0.25) is 0 Å². The molecule has 1 aromatic carbocycles. The van der Waals surface area contributed by atoms with Crippen molar-refractivity contribution >= 4 is 9.84 Å². The fourth-order valence-electron chi connectivity index (χ4n) is 1.84. The SMILES string of the molecule is C=C1COCC1CS(=O)(=O)c1ccc(C)cc1. The summed E-state index contributed by atoms with van der Waals surface area (Å²) in [5, 5.41) is 0. The van der Waals surface area contributed by atoms with Gasteiger partial charge in [0.1, 0.15) is 0 Å². The minimum absolute atomic E-state index is 0.0682. The van der Waals surface area contributed by atoms with E-state index in [2.05, 4.69) is 6.58 Å². The Balaban J connectivity index is 2.19. The normalized spacial score (nSPS) is 20.8. The second kappa shape index (κ2) is 4.63. The van der Waals surface area contributed by atoms with Crippen LogP contribution in [-0.4, -0.2) is 27.4 Å². The van der Waals surface area contributed by atoms with Gasteiger partial charge in [-0.05, 0) is 24.6 Å². The number of hydrogen-bond acceptors (Lipinski definition) is 3. The van der Waals surface area contributed by atoms with Crippen molar-refractivity contribution in [1.82, 2.24) is 0 Å². The molecule has 4 heteroatoms. The molecular formula is C13H16O3S. The number of ether oxygens (including phenoxy) is 1. The molecule has 0 N–H and O–H groups in total. The highest BCUT2D eigenvalue weighted by atomic mass is 32.2. The summed E-state index contributed by atoms with van der Waals surface area (Å²) in [5.74, 6) is 0.0239. The average molecular weight is 252 g/mol. The van der Waals surface area contributed by atoms with Gasteiger partial charge in [-0.2, -0.15) is 0 Å². The molecule has 1 aromatic rings. The summed E-state index contributed by atoms with van der Waals surface area (Å²) >= 11 is 0. The Kier molecular flexibility index (Phi) is 3.35. The van der Waals surface area contributed by atoms with E-state index in [0.717, 1.165) is 11.1 Å². The quantitative estimate of drug-likeness (QED) is 0.772. The van der Waals surface area contributed by atoms with Crippen LogP contribution < -0.4 is 0 Å². The van der Waals surface area contributed by atoms with Crippen molar-refractivity contribution in [3.8, 4) is 0 Å². The van der Waals surface area contributed by atoms with Gasteiger partial charge in [-0.1, -0.05) is 24.3 Å². The number of hydrogen-bond donors (Lipinski definition) is 0.